The van der Waals surface area contributed by atoms with Gasteiger partial charge >= 0.3 is 5.97 Å². The van der Waals surface area contributed by atoms with Crippen molar-refractivity contribution < 1.29 is 14.3 Å². The summed E-state index contributed by atoms with van der Waals surface area (Å²) in [5.74, 6) is -0.113. The van der Waals surface area contributed by atoms with E-state index in [0.717, 1.165) is 13.0 Å². The van der Waals surface area contributed by atoms with Crippen LogP contribution in [0.15, 0.2) is 0 Å². The minimum absolute atomic E-state index is 0.0946. The van der Waals surface area contributed by atoms with Crippen LogP contribution in [0.1, 0.15) is 26.7 Å². The molecule has 2 unspecified atom stereocenters. The van der Waals surface area contributed by atoms with Crippen LogP contribution < -0.4 is 0 Å². The second kappa shape index (κ2) is 5.50. The maximum atomic E-state index is 11.1. The number of thioether (sulfide) groups is 1. The molecule has 0 aromatic rings. The third kappa shape index (κ3) is 4.00. The van der Waals surface area contributed by atoms with Crippen molar-refractivity contribution in [1.29, 1.82) is 0 Å². The summed E-state index contributed by atoms with van der Waals surface area (Å²) in [7, 11) is 0. The first-order chi connectivity index (χ1) is 6.22. The molecule has 0 N–H and O–H groups in total. The van der Waals surface area contributed by atoms with Gasteiger partial charge in [-0.1, -0.05) is 13.8 Å². The minimum atomic E-state index is -0.113. The van der Waals surface area contributed by atoms with E-state index in [1.807, 2.05) is 6.92 Å². The summed E-state index contributed by atoms with van der Waals surface area (Å²) in [6.07, 6.45) is 1.35. The van der Waals surface area contributed by atoms with Gasteiger partial charge in [0, 0.05) is 11.7 Å². The average Bonchev–Trinajstić information content (AvgIpc) is 2.04. The first-order valence-corrected chi connectivity index (χ1v) is 5.59. The Labute approximate surface area is 83.2 Å². The molecule has 13 heavy (non-hydrogen) atoms. The zero-order chi connectivity index (χ0) is 9.68. The van der Waals surface area contributed by atoms with Crippen LogP contribution in [-0.4, -0.2) is 29.9 Å². The Bertz CT molecular complexity index is 172. The fraction of sp³-hybridized carbons (Fsp3) is 0.889. The number of hydrogen-bond acceptors (Lipinski definition) is 4. The highest BCUT2D eigenvalue weighted by Gasteiger charge is 2.22. The molecule has 1 aliphatic heterocycles. The van der Waals surface area contributed by atoms with E-state index in [9.17, 15) is 4.79 Å². The van der Waals surface area contributed by atoms with Crippen molar-refractivity contribution in [3.63, 3.8) is 0 Å². The van der Waals surface area contributed by atoms with E-state index in [0.29, 0.717) is 18.3 Å². The van der Waals surface area contributed by atoms with E-state index in [2.05, 4.69) is 6.92 Å². The summed E-state index contributed by atoms with van der Waals surface area (Å²) in [6.45, 7) is 5.33. The predicted octanol–water partition coefficient (Wildman–Crippen LogP) is 1.81. The fourth-order valence-electron chi connectivity index (χ4n) is 1.14. The highest BCUT2D eigenvalue weighted by Crippen LogP contribution is 2.24. The average molecular weight is 204 g/mol. The summed E-state index contributed by atoms with van der Waals surface area (Å²) < 4.78 is 10.5. The van der Waals surface area contributed by atoms with Gasteiger partial charge in [-0.2, -0.15) is 0 Å². The SMILES string of the molecule is CCCC(=O)OC1COCC(C)S1. The molecular weight excluding hydrogens is 188 g/mol. The van der Waals surface area contributed by atoms with E-state index in [1.54, 1.807) is 11.8 Å². The van der Waals surface area contributed by atoms with Crippen molar-refractivity contribution in [3.8, 4) is 0 Å². The van der Waals surface area contributed by atoms with Crippen molar-refractivity contribution in [2.75, 3.05) is 13.2 Å². The molecule has 1 saturated heterocycles. The van der Waals surface area contributed by atoms with Crippen LogP contribution in [0.3, 0.4) is 0 Å². The summed E-state index contributed by atoms with van der Waals surface area (Å²) in [6, 6.07) is 0. The van der Waals surface area contributed by atoms with E-state index in [4.69, 9.17) is 9.47 Å². The Morgan fingerprint density at radius 1 is 1.62 bits per heavy atom. The van der Waals surface area contributed by atoms with Gasteiger partial charge in [0.25, 0.3) is 0 Å². The minimum Gasteiger partial charge on any atom is -0.449 e. The summed E-state index contributed by atoms with van der Waals surface area (Å²) in [5, 5.41) is 0.424. The van der Waals surface area contributed by atoms with Gasteiger partial charge < -0.3 is 9.47 Å². The van der Waals surface area contributed by atoms with Crippen LogP contribution in [0.4, 0.5) is 0 Å². The van der Waals surface area contributed by atoms with E-state index >= 15 is 0 Å². The van der Waals surface area contributed by atoms with Crippen LogP contribution >= 0.6 is 11.8 Å². The van der Waals surface area contributed by atoms with Crippen molar-refractivity contribution in [2.24, 2.45) is 0 Å². The molecule has 1 fully saturated rings. The van der Waals surface area contributed by atoms with Crippen LogP contribution in [0.2, 0.25) is 0 Å². The second-order valence-electron chi connectivity index (χ2n) is 3.15. The molecule has 76 valence electrons. The van der Waals surface area contributed by atoms with E-state index in [1.165, 1.54) is 0 Å². The molecule has 0 aromatic heterocycles. The van der Waals surface area contributed by atoms with Crippen LogP contribution in [0.5, 0.6) is 0 Å². The zero-order valence-corrected chi connectivity index (χ0v) is 8.93. The lowest BCUT2D eigenvalue weighted by molar-refractivity contribution is -0.147. The summed E-state index contributed by atoms with van der Waals surface area (Å²) >= 11 is 1.67. The molecule has 1 heterocycles. The van der Waals surface area contributed by atoms with Crippen LogP contribution in [0.25, 0.3) is 0 Å². The van der Waals surface area contributed by atoms with E-state index < -0.39 is 0 Å². The number of esters is 1. The normalized spacial score (nSPS) is 28.5. The van der Waals surface area contributed by atoms with Crippen molar-refractivity contribution in [1.82, 2.24) is 0 Å². The summed E-state index contributed by atoms with van der Waals surface area (Å²) in [4.78, 5) is 11.1. The second-order valence-corrected chi connectivity index (χ2v) is 4.76. The molecule has 0 bridgehead atoms. The first-order valence-electron chi connectivity index (χ1n) is 4.65. The maximum Gasteiger partial charge on any atom is 0.306 e. The Balaban J connectivity index is 2.23. The first kappa shape index (κ1) is 10.9. The largest absolute Gasteiger partial charge is 0.449 e. The van der Waals surface area contributed by atoms with Crippen molar-refractivity contribution in [3.05, 3.63) is 0 Å². The molecule has 1 rings (SSSR count). The lowest BCUT2D eigenvalue weighted by Gasteiger charge is -2.26. The lowest BCUT2D eigenvalue weighted by Crippen LogP contribution is -2.29. The van der Waals surface area contributed by atoms with Crippen LogP contribution in [-0.2, 0) is 14.3 Å². The standard InChI is InChI=1S/C9H16O3S/c1-3-4-8(10)12-9-6-11-5-7(2)13-9/h7,9H,3-6H2,1-2H3. The topological polar surface area (TPSA) is 35.5 Å². The smallest absolute Gasteiger partial charge is 0.306 e. The van der Waals surface area contributed by atoms with Gasteiger partial charge in [-0.3, -0.25) is 4.79 Å². The van der Waals surface area contributed by atoms with E-state index in [-0.39, 0.29) is 11.4 Å². The molecule has 0 spiro atoms. The van der Waals surface area contributed by atoms with Gasteiger partial charge in [0.05, 0.1) is 13.2 Å². The Morgan fingerprint density at radius 2 is 2.38 bits per heavy atom. The van der Waals surface area contributed by atoms with Crippen molar-refractivity contribution >= 4 is 17.7 Å². The van der Waals surface area contributed by atoms with Gasteiger partial charge in [0.2, 0.25) is 0 Å². The number of rotatable bonds is 3. The molecule has 0 amide bonds. The monoisotopic (exact) mass is 204 g/mol. The molecule has 1 aliphatic rings. The quantitative estimate of drug-likeness (QED) is 0.657. The predicted molar refractivity (Wildman–Crippen MR) is 52.7 cm³/mol. The number of ether oxygens (including phenoxy) is 2. The third-order valence-corrected chi connectivity index (χ3v) is 2.84. The van der Waals surface area contributed by atoms with Crippen molar-refractivity contribution in [2.45, 2.75) is 37.4 Å². The third-order valence-electron chi connectivity index (χ3n) is 1.71. The summed E-state index contributed by atoms with van der Waals surface area (Å²) in [5.41, 5.74) is -0.0946. The van der Waals surface area contributed by atoms with Gasteiger partial charge in [0.1, 0.15) is 0 Å². The van der Waals surface area contributed by atoms with Crippen LogP contribution in [0, 0.1) is 0 Å². The van der Waals surface area contributed by atoms with Gasteiger partial charge in [-0.05, 0) is 6.42 Å². The highest BCUT2D eigenvalue weighted by molar-refractivity contribution is 8.00. The highest BCUT2D eigenvalue weighted by atomic mass is 32.2. The number of carbonyl (C=O) groups excluding carboxylic acids is 1. The number of carbonyl (C=O) groups is 1. The molecule has 0 radical (unpaired) electrons. The molecule has 0 aliphatic carbocycles. The molecule has 3 nitrogen and oxygen atoms in total. The zero-order valence-electron chi connectivity index (χ0n) is 8.12. The molecule has 2 atom stereocenters. The molecule has 0 aromatic carbocycles. The molecular formula is C9H16O3S. The maximum absolute atomic E-state index is 11.1. The molecule has 4 heteroatoms. The molecule has 0 saturated carbocycles. The lowest BCUT2D eigenvalue weighted by atomic mass is 10.3. The van der Waals surface area contributed by atoms with Gasteiger partial charge in [-0.15, -0.1) is 11.8 Å². The van der Waals surface area contributed by atoms with Gasteiger partial charge in [-0.25, -0.2) is 0 Å². The Kier molecular flexibility index (Phi) is 4.59. The fourth-order valence-corrected chi connectivity index (χ4v) is 2.17. The number of hydrogen-bond donors (Lipinski definition) is 0. The van der Waals surface area contributed by atoms with Gasteiger partial charge in [0.15, 0.2) is 5.44 Å². The Morgan fingerprint density at radius 3 is 3.00 bits per heavy atom. The Hall–Kier alpha value is -0.220.